The Morgan fingerprint density at radius 1 is 1.27 bits per heavy atom. The molecule has 4 nitrogen and oxygen atoms in total. The summed E-state index contributed by atoms with van der Waals surface area (Å²) >= 11 is 0. The molecule has 6 N–H and O–H groups in total. The maximum absolute atomic E-state index is 5.57. The van der Waals surface area contributed by atoms with Gasteiger partial charge >= 0.3 is 0 Å². The summed E-state index contributed by atoms with van der Waals surface area (Å²) in [5.41, 5.74) is 13.1. The molecular weight excluding hydrogens is 140 g/mol. The van der Waals surface area contributed by atoms with E-state index in [-0.39, 0.29) is 0 Å². The SMILES string of the molecule is NN=Cc1cc(N)ccc1N. The van der Waals surface area contributed by atoms with Crippen molar-refractivity contribution in [2.45, 2.75) is 0 Å². The topological polar surface area (TPSA) is 90.4 Å². The lowest BCUT2D eigenvalue weighted by Gasteiger charge is -1.99. The molecule has 0 aromatic heterocycles. The Morgan fingerprint density at radius 3 is 2.64 bits per heavy atom. The normalized spacial score (nSPS) is 10.5. The van der Waals surface area contributed by atoms with Gasteiger partial charge < -0.3 is 17.3 Å². The van der Waals surface area contributed by atoms with Crippen LogP contribution in [0.4, 0.5) is 11.4 Å². The van der Waals surface area contributed by atoms with Gasteiger partial charge in [0.2, 0.25) is 0 Å². The van der Waals surface area contributed by atoms with Crippen molar-refractivity contribution >= 4 is 17.6 Å². The van der Waals surface area contributed by atoms with Gasteiger partial charge in [-0.3, -0.25) is 0 Å². The molecule has 1 aromatic rings. The number of nitrogens with two attached hydrogens (primary N) is 3. The Bertz CT molecular complexity index is 280. The molecule has 0 fully saturated rings. The lowest BCUT2D eigenvalue weighted by atomic mass is 10.2. The van der Waals surface area contributed by atoms with Crippen LogP contribution in [0.1, 0.15) is 5.56 Å². The van der Waals surface area contributed by atoms with Gasteiger partial charge in [-0.05, 0) is 18.2 Å². The summed E-state index contributed by atoms with van der Waals surface area (Å²) in [5, 5.41) is 3.35. The number of hydrazone groups is 1. The second-order valence-electron chi connectivity index (χ2n) is 2.17. The fourth-order valence-corrected chi connectivity index (χ4v) is 0.785. The van der Waals surface area contributed by atoms with Crippen LogP contribution >= 0.6 is 0 Å². The van der Waals surface area contributed by atoms with E-state index in [1.807, 2.05) is 0 Å². The zero-order valence-electron chi connectivity index (χ0n) is 5.99. The second-order valence-corrected chi connectivity index (χ2v) is 2.17. The average Bonchev–Trinajstić information content (AvgIpc) is 1.98. The fraction of sp³-hybridized carbons (Fsp3) is 0. The van der Waals surface area contributed by atoms with E-state index in [1.165, 1.54) is 6.21 Å². The van der Waals surface area contributed by atoms with E-state index in [0.717, 1.165) is 5.56 Å². The molecule has 4 heteroatoms. The van der Waals surface area contributed by atoms with Crippen LogP contribution in [0.5, 0.6) is 0 Å². The third-order valence-electron chi connectivity index (χ3n) is 1.32. The molecule has 11 heavy (non-hydrogen) atoms. The average molecular weight is 150 g/mol. The minimum absolute atomic E-state index is 0.619. The van der Waals surface area contributed by atoms with Gasteiger partial charge in [-0.25, -0.2) is 0 Å². The van der Waals surface area contributed by atoms with Crippen molar-refractivity contribution in [1.82, 2.24) is 0 Å². The van der Waals surface area contributed by atoms with E-state index in [4.69, 9.17) is 17.3 Å². The smallest absolute Gasteiger partial charge is 0.0559 e. The number of anilines is 2. The van der Waals surface area contributed by atoms with Crippen LogP contribution in [-0.4, -0.2) is 6.21 Å². The number of rotatable bonds is 1. The van der Waals surface area contributed by atoms with E-state index >= 15 is 0 Å². The van der Waals surface area contributed by atoms with Crippen molar-refractivity contribution in [3.8, 4) is 0 Å². The molecule has 0 aliphatic rings. The predicted octanol–water partition coefficient (Wildman–Crippen LogP) is 0.144. The Hall–Kier alpha value is -1.71. The summed E-state index contributed by atoms with van der Waals surface area (Å²) in [6.07, 6.45) is 1.46. The number of hydrogen-bond donors (Lipinski definition) is 3. The summed E-state index contributed by atoms with van der Waals surface area (Å²) in [7, 11) is 0. The Balaban J connectivity index is 3.12. The molecule has 0 spiro atoms. The van der Waals surface area contributed by atoms with Crippen LogP contribution in [0.3, 0.4) is 0 Å². The molecule has 0 bridgehead atoms. The maximum atomic E-state index is 5.57. The molecule has 0 radical (unpaired) electrons. The summed E-state index contributed by atoms with van der Waals surface area (Å²) in [6.45, 7) is 0. The van der Waals surface area contributed by atoms with Crippen molar-refractivity contribution in [2.75, 3.05) is 11.5 Å². The van der Waals surface area contributed by atoms with Gasteiger partial charge in [-0.2, -0.15) is 5.10 Å². The zero-order valence-corrected chi connectivity index (χ0v) is 5.99. The van der Waals surface area contributed by atoms with Crippen LogP contribution in [0, 0.1) is 0 Å². The first-order chi connectivity index (χ1) is 5.24. The van der Waals surface area contributed by atoms with Crippen molar-refractivity contribution in [2.24, 2.45) is 10.9 Å². The van der Waals surface area contributed by atoms with Crippen LogP contribution in [0.15, 0.2) is 23.3 Å². The largest absolute Gasteiger partial charge is 0.399 e. The molecule has 0 atom stereocenters. The van der Waals surface area contributed by atoms with Crippen molar-refractivity contribution in [3.63, 3.8) is 0 Å². The van der Waals surface area contributed by atoms with Gasteiger partial charge in [0, 0.05) is 16.9 Å². The molecule has 0 aliphatic heterocycles. The van der Waals surface area contributed by atoms with Gasteiger partial charge in [-0.1, -0.05) is 0 Å². The van der Waals surface area contributed by atoms with Gasteiger partial charge in [0.25, 0.3) is 0 Å². The van der Waals surface area contributed by atoms with E-state index in [9.17, 15) is 0 Å². The zero-order chi connectivity index (χ0) is 8.27. The monoisotopic (exact) mass is 150 g/mol. The lowest BCUT2D eigenvalue weighted by molar-refractivity contribution is 1.26. The van der Waals surface area contributed by atoms with Crippen molar-refractivity contribution in [1.29, 1.82) is 0 Å². The van der Waals surface area contributed by atoms with E-state index in [1.54, 1.807) is 18.2 Å². The highest BCUT2D eigenvalue weighted by molar-refractivity contribution is 5.88. The number of benzene rings is 1. The highest BCUT2D eigenvalue weighted by Gasteiger charge is 1.94. The molecule has 58 valence electrons. The van der Waals surface area contributed by atoms with Crippen LogP contribution in [-0.2, 0) is 0 Å². The van der Waals surface area contributed by atoms with E-state index < -0.39 is 0 Å². The maximum Gasteiger partial charge on any atom is 0.0559 e. The minimum Gasteiger partial charge on any atom is -0.399 e. The molecule has 0 heterocycles. The Labute approximate surface area is 64.7 Å². The molecule has 0 saturated heterocycles. The van der Waals surface area contributed by atoms with E-state index in [2.05, 4.69) is 5.10 Å². The Morgan fingerprint density at radius 2 is 2.00 bits per heavy atom. The number of nitrogen functional groups attached to an aromatic ring is 2. The fourth-order valence-electron chi connectivity index (χ4n) is 0.785. The summed E-state index contributed by atoms with van der Waals surface area (Å²) < 4.78 is 0. The molecule has 1 rings (SSSR count). The first-order valence-electron chi connectivity index (χ1n) is 3.12. The highest BCUT2D eigenvalue weighted by atomic mass is 15.1. The lowest BCUT2D eigenvalue weighted by Crippen LogP contribution is -1.96. The van der Waals surface area contributed by atoms with Gasteiger partial charge in [0.1, 0.15) is 0 Å². The molecule has 0 unspecified atom stereocenters. The molecule has 0 saturated carbocycles. The summed E-state index contributed by atoms with van der Waals surface area (Å²) in [4.78, 5) is 0. The van der Waals surface area contributed by atoms with E-state index in [0.29, 0.717) is 11.4 Å². The van der Waals surface area contributed by atoms with Gasteiger partial charge in [-0.15, -0.1) is 0 Å². The number of hydrogen-bond acceptors (Lipinski definition) is 4. The first kappa shape index (κ1) is 7.40. The van der Waals surface area contributed by atoms with Crippen LogP contribution in [0.25, 0.3) is 0 Å². The molecule has 0 aliphatic carbocycles. The minimum atomic E-state index is 0.619. The predicted molar refractivity (Wildman–Crippen MR) is 47.0 cm³/mol. The van der Waals surface area contributed by atoms with Crippen molar-refractivity contribution < 1.29 is 0 Å². The summed E-state index contributed by atoms with van der Waals surface area (Å²) in [5.74, 6) is 4.95. The van der Waals surface area contributed by atoms with Crippen molar-refractivity contribution in [3.05, 3.63) is 23.8 Å². The van der Waals surface area contributed by atoms with Crippen LogP contribution < -0.4 is 17.3 Å². The molecule has 1 aromatic carbocycles. The third-order valence-corrected chi connectivity index (χ3v) is 1.32. The standard InChI is InChI=1S/C7H10N4/c8-6-1-2-7(9)5(3-6)4-11-10/h1-4H,8-10H2. The number of nitrogens with zero attached hydrogens (tertiary/aromatic N) is 1. The molecule has 0 amide bonds. The van der Waals surface area contributed by atoms with Gasteiger partial charge in [0.05, 0.1) is 6.21 Å². The van der Waals surface area contributed by atoms with Gasteiger partial charge in [0.15, 0.2) is 0 Å². The quantitative estimate of drug-likeness (QED) is 0.230. The third kappa shape index (κ3) is 1.61. The Kier molecular flexibility index (Phi) is 1.96. The first-order valence-corrected chi connectivity index (χ1v) is 3.12. The highest BCUT2D eigenvalue weighted by Crippen LogP contribution is 2.12. The molecular formula is C7H10N4. The summed E-state index contributed by atoms with van der Waals surface area (Å²) in [6, 6.07) is 5.15. The second kappa shape index (κ2) is 2.92. The van der Waals surface area contributed by atoms with Crippen LogP contribution in [0.2, 0.25) is 0 Å².